The zero-order valence-electron chi connectivity index (χ0n) is 28.5. The molecule has 260 valence electrons. The number of unbranched alkanes of at least 4 members (excludes halogenated alkanes) is 20. The largest absolute Gasteiger partial charge is 0.396 e. The number of ether oxygens (including phenoxy) is 1. The predicted octanol–water partition coefficient (Wildman–Crippen LogP) is 7.07. The van der Waals surface area contributed by atoms with Crippen molar-refractivity contribution >= 4 is 0 Å². The van der Waals surface area contributed by atoms with Crippen LogP contribution in [0.4, 0.5) is 0 Å². The van der Waals surface area contributed by atoms with Gasteiger partial charge in [0.15, 0.2) is 0 Å². The molecule has 0 saturated carbocycles. The molecule has 7 nitrogen and oxygen atoms in total. The van der Waals surface area contributed by atoms with Crippen molar-refractivity contribution in [3.05, 3.63) is 0 Å². The Morgan fingerprint density at radius 3 is 0.767 bits per heavy atom. The molecule has 0 aliphatic carbocycles. The molecule has 0 aliphatic heterocycles. The maximum Gasteiger partial charge on any atom is 0.0701 e. The van der Waals surface area contributed by atoms with Crippen LogP contribution in [0.15, 0.2) is 0 Å². The molecule has 2 atom stereocenters. The van der Waals surface area contributed by atoms with Crippen molar-refractivity contribution in [2.45, 2.75) is 180 Å². The molecule has 0 rings (SSSR count). The third-order valence-electron chi connectivity index (χ3n) is 9.72. The first-order chi connectivity index (χ1) is 21.0. The molecular formula is C36H74O7. The summed E-state index contributed by atoms with van der Waals surface area (Å²) in [7, 11) is 0. The van der Waals surface area contributed by atoms with Gasteiger partial charge in [0.05, 0.1) is 62.7 Å². The Balaban J connectivity index is 5.00. The molecule has 0 aliphatic rings. The van der Waals surface area contributed by atoms with Crippen LogP contribution in [0.1, 0.15) is 168 Å². The molecule has 0 radical (unpaired) electrons. The van der Waals surface area contributed by atoms with Gasteiger partial charge in [-0.2, -0.15) is 0 Å². The Kier molecular flexibility index (Phi) is 29.0. The standard InChI is InChI=1S/C36H74O7/c1-3-5-7-9-11-13-15-17-19-21-23-25-33(35(27-37,28-38)29-39)43-34(36(30-40,31-41)32-42)26-24-22-20-18-16-14-12-10-8-6-4-2/h33-34,37-42H,3-32H2,1-2H3. The first-order valence-electron chi connectivity index (χ1n) is 18.3. The zero-order chi connectivity index (χ0) is 32.1. The molecule has 7 heteroatoms. The van der Waals surface area contributed by atoms with Crippen LogP contribution in [0.25, 0.3) is 0 Å². The van der Waals surface area contributed by atoms with E-state index in [0.717, 1.165) is 38.5 Å². The predicted molar refractivity (Wildman–Crippen MR) is 178 cm³/mol. The summed E-state index contributed by atoms with van der Waals surface area (Å²) in [5.74, 6) is 0. The van der Waals surface area contributed by atoms with Gasteiger partial charge < -0.3 is 35.4 Å². The molecular weight excluding hydrogens is 544 g/mol. The highest BCUT2D eigenvalue weighted by atomic mass is 16.5. The van der Waals surface area contributed by atoms with Crippen molar-refractivity contribution in [3.8, 4) is 0 Å². The Hall–Kier alpha value is -0.280. The third kappa shape index (κ3) is 18.5. The lowest BCUT2D eigenvalue weighted by Gasteiger charge is -2.43. The van der Waals surface area contributed by atoms with Gasteiger partial charge in [-0.15, -0.1) is 0 Å². The van der Waals surface area contributed by atoms with E-state index in [9.17, 15) is 30.6 Å². The van der Waals surface area contributed by atoms with Crippen LogP contribution in [0, 0.1) is 10.8 Å². The summed E-state index contributed by atoms with van der Waals surface area (Å²) in [6, 6.07) is 0. The lowest BCUT2D eigenvalue weighted by atomic mass is 9.78. The second-order valence-corrected chi connectivity index (χ2v) is 13.4. The molecule has 0 bridgehead atoms. The van der Waals surface area contributed by atoms with E-state index >= 15 is 0 Å². The molecule has 0 spiro atoms. The quantitative estimate of drug-likeness (QED) is 0.0425. The van der Waals surface area contributed by atoms with Crippen LogP contribution in [-0.4, -0.2) is 82.5 Å². The van der Waals surface area contributed by atoms with Gasteiger partial charge in [-0.1, -0.05) is 155 Å². The van der Waals surface area contributed by atoms with Gasteiger partial charge in [-0.25, -0.2) is 0 Å². The minimum absolute atomic E-state index is 0.432. The SMILES string of the molecule is CCCCCCCCCCCCCC(OC(CCCCCCCCCCCCC)C(CO)(CO)CO)C(CO)(CO)CO. The average molecular weight is 619 g/mol. The summed E-state index contributed by atoms with van der Waals surface area (Å²) in [6.07, 6.45) is 26.3. The molecule has 0 aromatic heterocycles. The summed E-state index contributed by atoms with van der Waals surface area (Å²) in [4.78, 5) is 0. The summed E-state index contributed by atoms with van der Waals surface area (Å²) in [5.41, 5.74) is -2.47. The van der Waals surface area contributed by atoms with Crippen molar-refractivity contribution in [1.82, 2.24) is 0 Å². The van der Waals surface area contributed by atoms with Crippen LogP contribution in [-0.2, 0) is 4.74 Å². The smallest absolute Gasteiger partial charge is 0.0701 e. The van der Waals surface area contributed by atoms with E-state index in [1.807, 2.05) is 0 Å². The fourth-order valence-electron chi connectivity index (χ4n) is 6.13. The average Bonchev–Trinajstić information content (AvgIpc) is 3.04. The Morgan fingerprint density at radius 2 is 0.558 bits per heavy atom. The second kappa shape index (κ2) is 29.1. The summed E-state index contributed by atoms with van der Waals surface area (Å²) < 4.78 is 6.55. The van der Waals surface area contributed by atoms with Gasteiger partial charge in [0.25, 0.3) is 0 Å². The molecule has 0 aromatic carbocycles. The monoisotopic (exact) mass is 619 g/mol. The maximum absolute atomic E-state index is 10.2. The maximum atomic E-state index is 10.2. The van der Waals surface area contributed by atoms with E-state index in [2.05, 4.69) is 13.8 Å². The Bertz CT molecular complexity index is 501. The lowest BCUT2D eigenvalue weighted by Crippen LogP contribution is -2.53. The minimum atomic E-state index is -1.24. The van der Waals surface area contributed by atoms with Gasteiger partial charge in [0.1, 0.15) is 0 Å². The van der Waals surface area contributed by atoms with E-state index in [-0.39, 0.29) is 0 Å². The normalized spacial score (nSPS) is 14.0. The van der Waals surface area contributed by atoms with Crippen molar-refractivity contribution in [3.63, 3.8) is 0 Å². The molecule has 6 N–H and O–H groups in total. The highest BCUT2D eigenvalue weighted by Crippen LogP contribution is 2.35. The Labute approximate surface area is 265 Å². The number of hydrogen-bond acceptors (Lipinski definition) is 7. The van der Waals surface area contributed by atoms with E-state index in [1.54, 1.807) is 0 Å². The summed E-state index contributed by atoms with van der Waals surface area (Å²) in [5, 5.41) is 61.4. The fraction of sp³-hybridized carbons (Fsp3) is 1.00. The van der Waals surface area contributed by atoms with Crippen LogP contribution in [0.3, 0.4) is 0 Å². The molecule has 0 amide bonds. The minimum Gasteiger partial charge on any atom is -0.396 e. The highest BCUT2D eigenvalue weighted by Gasteiger charge is 2.45. The summed E-state index contributed by atoms with van der Waals surface area (Å²) >= 11 is 0. The molecule has 0 heterocycles. The van der Waals surface area contributed by atoms with Gasteiger partial charge >= 0.3 is 0 Å². The fourth-order valence-corrected chi connectivity index (χ4v) is 6.13. The summed E-state index contributed by atoms with van der Waals surface area (Å²) in [6.45, 7) is 1.88. The van der Waals surface area contributed by atoms with E-state index < -0.39 is 62.7 Å². The molecule has 43 heavy (non-hydrogen) atoms. The van der Waals surface area contributed by atoms with Crippen LogP contribution >= 0.6 is 0 Å². The van der Waals surface area contributed by atoms with Crippen molar-refractivity contribution < 1.29 is 35.4 Å². The topological polar surface area (TPSA) is 131 Å². The van der Waals surface area contributed by atoms with E-state index in [4.69, 9.17) is 4.74 Å². The Morgan fingerprint density at radius 1 is 0.349 bits per heavy atom. The number of rotatable bonds is 34. The van der Waals surface area contributed by atoms with Crippen LogP contribution < -0.4 is 0 Å². The lowest BCUT2D eigenvalue weighted by molar-refractivity contribution is -0.191. The third-order valence-corrected chi connectivity index (χ3v) is 9.72. The van der Waals surface area contributed by atoms with Crippen LogP contribution in [0.5, 0.6) is 0 Å². The zero-order valence-corrected chi connectivity index (χ0v) is 28.5. The van der Waals surface area contributed by atoms with Crippen molar-refractivity contribution in [1.29, 1.82) is 0 Å². The van der Waals surface area contributed by atoms with E-state index in [0.29, 0.717) is 12.8 Å². The highest BCUT2D eigenvalue weighted by molar-refractivity contribution is 4.92. The van der Waals surface area contributed by atoms with Crippen LogP contribution in [0.2, 0.25) is 0 Å². The first-order valence-corrected chi connectivity index (χ1v) is 18.3. The van der Waals surface area contributed by atoms with Gasteiger partial charge in [0, 0.05) is 0 Å². The molecule has 0 aromatic rings. The number of aliphatic hydroxyl groups excluding tert-OH is 6. The molecule has 0 fully saturated rings. The molecule has 0 saturated heterocycles. The van der Waals surface area contributed by atoms with E-state index in [1.165, 1.54) is 103 Å². The van der Waals surface area contributed by atoms with Crippen molar-refractivity contribution in [2.75, 3.05) is 39.6 Å². The molecule has 2 unspecified atom stereocenters. The van der Waals surface area contributed by atoms with Gasteiger partial charge in [-0.3, -0.25) is 0 Å². The van der Waals surface area contributed by atoms with Gasteiger partial charge in [0.2, 0.25) is 0 Å². The first kappa shape index (κ1) is 42.7. The second-order valence-electron chi connectivity index (χ2n) is 13.4. The van der Waals surface area contributed by atoms with Gasteiger partial charge in [-0.05, 0) is 12.8 Å². The number of hydrogen-bond donors (Lipinski definition) is 6. The van der Waals surface area contributed by atoms with Crippen molar-refractivity contribution in [2.24, 2.45) is 10.8 Å². The number of aliphatic hydroxyl groups is 6.